The molecule has 0 saturated carbocycles. The second-order valence-electron chi connectivity index (χ2n) is 11.2. The van der Waals surface area contributed by atoms with E-state index in [4.69, 9.17) is 13.8 Å². The van der Waals surface area contributed by atoms with E-state index in [1.807, 2.05) is 30.3 Å². The van der Waals surface area contributed by atoms with E-state index in [9.17, 15) is 0 Å². The maximum atomic E-state index is 6.29. The topological polar surface area (TPSA) is 44.1 Å². The van der Waals surface area contributed by atoms with Crippen LogP contribution in [0.3, 0.4) is 0 Å². The van der Waals surface area contributed by atoms with Crippen LogP contribution >= 0.6 is 0 Å². The van der Waals surface area contributed by atoms with E-state index < -0.39 is 0 Å². The van der Waals surface area contributed by atoms with E-state index in [0.29, 0.717) is 5.89 Å². The van der Waals surface area contributed by atoms with Crippen LogP contribution in [0.1, 0.15) is 0 Å². The summed E-state index contributed by atoms with van der Waals surface area (Å²) in [6, 6.07) is 46.9. The molecule has 0 bridgehead atoms. The van der Waals surface area contributed by atoms with Crippen LogP contribution in [0.5, 0.6) is 0 Å². The molecule has 0 aliphatic rings. The second-order valence-corrected chi connectivity index (χ2v) is 11.2. The van der Waals surface area contributed by atoms with Gasteiger partial charge in [0.25, 0.3) is 0 Å². The zero-order valence-electron chi connectivity index (χ0n) is 22.9. The molecular weight excluding hydrogens is 528 g/mol. The lowest BCUT2D eigenvalue weighted by atomic mass is 10.0. The van der Waals surface area contributed by atoms with Gasteiger partial charge in [-0.1, -0.05) is 72.8 Å². The summed E-state index contributed by atoms with van der Waals surface area (Å²) in [5, 5.41) is 9.54. The van der Waals surface area contributed by atoms with Crippen molar-refractivity contribution in [1.29, 1.82) is 0 Å². The van der Waals surface area contributed by atoms with Crippen molar-refractivity contribution in [2.24, 2.45) is 0 Å². The lowest BCUT2D eigenvalue weighted by Crippen LogP contribution is -1.94. The van der Waals surface area contributed by atoms with Crippen LogP contribution in [0.25, 0.3) is 93.5 Å². The Hall–Kier alpha value is -5.87. The van der Waals surface area contributed by atoms with Gasteiger partial charge in [0, 0.05) is 27.4 Å². The van der Waals surface area contributed by atoms with E-state index in [2.05, 4.69) is 108 Å². The largest absolute Gasteiger partial charge is 0.456 e. The molecule has 3 heterocycles. The third-order valence-electron chi connectivity index (χ3n) is 8.79. The second kappa shape index (κ2) is 8.34. The normalized spacial score (nSPS) is 12.2. The summed E-state index contributed by atoms with van der Waals surface area (Å²) in [6.07, 6.45) is 0. The van der Waals surface area contributed by atoms with Crippen molar-refractivity contribution in [3.63, 3.8) is 0 Å². The molecule has 200 valence electrons. The molecule has 10 rings (SSSR count). The van der Waals surface area contributed by atoms with Crippen molar-refractivity contribution in [2.75, 3.05) is 0 Å². The number of nitrogens with zero attached hydrogens (tertiary/aromatic N) is 2. The first kappa shape index (κ1) is 22.8. The highest BCUT2D eigenvalue weighted by Crippen LogP contribution is 2.40. The number of hydrogen-bond donors (Lipinski definition) is 0. The fourth-order valence-corrected chi connectivity index (χ4v) is 6.83. The van der Waals surface area contributed by atoms with Gasteiger partial charge in [-0.3, -0.25) is 0 Å². The number of rotatable bonds is 2. The molecule has 7 aromatic carbocycles. The van der Waals surface area contributed by atoms with Crippen LogP contribution in [0.4, 0.5) is 0 Å². The summed E-state index contributed by atoms with van der Waals surface area (Å²) in [5.41, 5.74) is 7.64. The molecular formula is C39H22N2O2. The first-order chi connectivity index (χ1) is 21.3. The molecule has 4 nitrogen and oxygen atoms in total. The fraction of sp³-hybridized carbons (Fsp3) is 0. The van der Waals surface area contributed by atoms with Crippen LogP contribution in [0.2, 0.25) is 0 Å². The summed E-state index contributed by atoms with van der Waals surface area (Å²) in [5.74, 6) is 0.596. The number of fused-ring (bicyclic) bond motifs is 11. The average molecular weight is 551 g/mol. The molecule has 0 unspecified atom stereocenters. The van der Waals surface area contributed by atoms with E-state index in [-0.39, 0.29) is 0 Å². The van der Waals surface area contributed by atoms with Crippen LogP contribution in [0, 0.1) is 0 Å². The van der Waals surface area contributed by atoms with Crippen molar-refractivity contribution >= 4 is 76.4 Å². The van der Waals surface area contributed by atoms with Crippen LogP contribution in [-0.2, 0) is 0 Å². The van der Waals surface area contributed by atoms with Gasteiger partial charge in [0.2, 0.25) is 5.89 Å². The quantitative estimate of drug-likeness (QED) is 0.215. The van der Waals surface area contributed by atoms with Gasteiger partial charge in [-0.15, -0.1) is 0 Å². The Balaban J connectivity index is 1.18. The molecule has 4 heteroatoms. The van der Waals surface area contributed by atoms with Crippen molar-refractivity contribution < 1.29 is 8.83 Å². The minimum absolute atomic E-state index is 0.596. The van der Waals surface area contributed by atoms with Crippen LogP contribution < -0.4 is 0 Å². The van der Waals surface area contributed by atoms with Crippen molar-refractivity contribution in [2.45, 2.75) is 0 Å². The monoisotopic (exact) mass is 550 g/mol. The predicted octanol–water partition coefficient (Wildman–Crippen LogP) is 10.8. The zero-order valence-corrected chi connectivity index (χ0v) is 22.9. The van der Waals surface area contributed by atoms with Gasteiger partial charge in [-0.05, 0) is 82.2 Å². The average Bonchev–Trinajstić information content (AvgIpc) is 3.75. The molecule has 43 heavy (non-hydrogen) atoms. The van der Waals surface area contributed by atoms with Crippen molar-refractivity contribution in [3.05, 3.63) is 133 Å². The number of hydrogen-bond acceptors (Lipinski definition) is 3. The molecule has 0 amide bonds. The number of benzene rings is 7. The number of furan rings is 1. The van der Waals surface area contributed by atoms with E-state index in [1.165, 1.54) is 43.4 Å². The number of para-hydroxylation sites is 1. The van der Waals surface area contributed by atoms with Gasteiger partial charge in [-0.25, -0.2) is 4.98 Å². The minimum Gasteiger partial charge on any atom is -0.456 e. The zero-order chi connectivity index (χ0) is 28.1. The molecule has 0 saturated heterocycles. The Labute approximate surface area is 245 Å². The maximum absolute atomic E-state index is 6.29. The highest BCUT2D eigenvalue weighted by molar-refractivity contribution is 6.23. The smallest absolute Gasteiger partial charge is 0.227 e. The Morgan fingerprint density at radius 2 is 1.19 bits per heavy atom. The van der Waals surface area contributed by atoms with Crippen molar-refractivity contribution in [3.8, 4) is 17.1 Å². The summed E-state index contributed by atoms with van der Waals surface area (Å²) in [6.45, 7) is 0. The summed E-state index contributed by atoms with van der Waals surface area (Å²) in [7, 11) is 0. The predicted molar refractivity (Wildman–Crippen MR) is 176 cm³/mol. The summed E-state index contributed by atoms with van der Waals surface area (Å²) >= 11 is 0. The lowest BCUT2D eigenvalue weighted by Gasteiger charge is -2.09. The van der Waals surface area contributed by atoms with Crippen molar-refractivity contribution in [1.82, 2.24) is 9.55 Å². The van der Waals surface area contributed by atoms with E-state index >= 15 is 0 Å². The molecule has 10 aromatic rings. The SMILES string of the molecule is c1ccc2cc3c(cc2c1)c1c2ccccc2ccc1n3-c1ccc(-c2nc3c(ccc4oc5ccccc5c43)o2)cc1. The molecule has 0 aliphatic heterocycles. The first-order valence-electron chi connectivity index (χ1n) is 14.5. The Morgan fingerprint density at radius 1 is 0.465 bits per heavy atom. The van der Waals surface area contributed by atoms with E-state index in [0.717, 1.165) is 44.3 Å². The molecule has 0 aliphatic carbocycles. The molecule has 0 radical (unpaired) electrons. The van der Waals surface area contributed by atoms with Gasteiger partial charge in [0.05, 0.1) is 16.4 Å². The Bertz CT molecular complexity index is 2720. The summed E-state index contributed by atoms with van der Waals surface area (Å²) in [4.78, 5) is 4.96. The minimum atomic E-state index is 0.596. The number of oxazole rings is 1. The van der Waals surface area contributed by atoms with Crippen LogP contribution in [-0.4, -0.2) is 9.55 Å². The third kappa shape index (κ3) is 3.18. The Kier molecular flexibility index (Phi) is 4.42. The standard InChI is InChI=1S/C39H22N2O2/c1-2-9-26-22-32-30(21-25(26)8-1)36-28-10-4-3-7-23(28)15-18-31(36)41(32)27-16-13-24(14-17-27)39-40-38-35(43-39)20-19-34-37(38)29-11-5-6-12-33(29)42-34/h1-22H. The van der Waals surface area contributed by atoms with Crippen LogP contribution in [0.15, 0.2) is 142 Å². The molecule has 0 N–H and O–H groups in total. The molecule has 0 spiro atoms. The molecule has 3 aromatic heterocycles. The fourth-order valence-electron chi connectivity index (χ4n) is 6.83. The third-order valence-corrected chi connectivity index (χ3v) is 8.79. The highest BCUT2D eigenvalue weighted by Gasteiger charge is 2.18. The van der Waals surface area contributed by atoms with Gasteiger partial charge in [0.15, 0.2) is 5.58 Å². The molecule has 0 fully saturated rings. The number of aromatic nitrogens is 2. The maximum Gasteiger partial charge on any atom is 0.227 e. The highest BCUT2D eigenvalue weighted by atomic mass is 16.4. The first-order valence-corrected chi connectivity index (χ1v) is 14.5. The Morgan fingerprint density at radius 3 is 2.05 bits per heavy atom. The van der Waals surface area contributed by atoms with Gasteiger partial charge in [-0.2, -0.15) is 0 Å². The summed E-state index contributed by atoms with van der Waals surface area (Å²) < 4.78 is 14.7. The van der Waals surface area contributed by atoms with Gasteiger partial charge in [0.1, 0.15) is 16.7 Å². The van der Waals surface area contributed by atoms with Gasteiger partial charge < -0.3 is 13.4 Å². The lowest BCUT2D eigenvalue weighted by molar-refractivity contribution is 0.619. The van der Waals surface area contributed by atoms with E-state index in [1.54, 1.807) is 0 Å². The van der Waals surface area contributed by atoms with Gasteiger partial charge >= 0.3 is 0 Å². The molecule has 0 atom stereocenters.